The second kappa shape index (κ2) is 10.3. The highest BCUT2D eigenvalue weighted by Gasteiger charge is 2.19. The standard InChI is InChI=1S/C21H33N3O2/c1-16(2)18(4)21(23-22-15-25)19-8-10-20(11-9-19)26-14-6-13-24-12-5-7-17(24)3/h8-11,15-18H,5-7,12-14H2,1-4H3,(H,22,25)/b23-21+/t17-,18?/m1/s1. The van der Waals surface area contributed by atoms with E-state index in [0.29, 0.717) is 12.3 Å². The molecule has 5 heteroatoms. The van der Waals surface area contributed by atoms with E-state index in [2.05, 4.69) is 43.1 Å². The molecule has 2 rings (SSSR count). The first-order valence-electron chi connectivity index (χ1n) is 9.77. The summed E-state index contributed by atoms with van der Waals surface area (Å²) in [6.45, 7) is 11.8. The molecule has 0 aromatic heterocycles. The molecule has 144 valence electrons. The SMILES string of the molecule is CC(C)C(C)/C(=N\NC=O)c1ccc(OCCCN2CCC[C@H]2C)cc1. The Hall–Kier alpha value is -1.88. The van der Waals surface area contributed by atoms with Gasteiger partial charge in [-0.2, -0.15) is 5.10 Å². The zero-order valence-electron chi connectivity index (χ0n) is 16.6. The van der Waals surface area contributed by atoms with Gasteiger partial charge in [0, 0.05) is 18.5 Å². The average Bonchev–Trinajstić information content (AvgIpc) is 3.04. The molecule has 0 saturated carbocycles. The topological polar surface area (TPSA) is 53.9 Å². The Bertz CT molecular complexity index is 583. The molecule has 0 aliphatic carbocycles. The molecule has 1 unspecified atom stereocenters. The number of nitrogens with zero attached hydrogens (tertiary/aromatic N) is 2. The Labute approximate surface area is 157 Å². The van der Waals surface area contributed by atoms with Crippen LogP contribution in [0, 0.1) is 11.8 Å². The van der Waals surface area contributed by atoms with E-state index in [0.717, 1.165) is 42.6 Å². The quantitative estimate of drug-likeness (QED) is 0.300. The Morgan fingerprint density at radius 2 is 2.08 bits per heavy atom. The van der Waals surface area contributed by atoms with E-state index in [1.54, 1.807) is 0 Å². The van der Waals surface area contributed by atoms with Gasteiger partial charge in [0.1, 0.15) is 5.75 Å². The number of amides is 1. The van der Waals surface area contributed by atoms with Crippen LogP contribution in [0.4, 0.5) is 0 Å². The number of likely N-dealkylation sites (tertiary alicyclic amines) is 1. The van der Waals surface area contributed by atoms with Crippen molar-refractivity contribution in [3.63, 3.8) is 0 Å². The van der Waals surface area contributed by atoms with E-state index >= 15 is 0 Å². The third-order valence-corrected chi connectivity index (χ3v) is 5.37. The summed E-state index contributed by atoms with van der Waals surface area (Å²) in [6, 6.07) is 8.72. The fourth-order valence-electron chi connectivity index (χ4n) is 3.35. The number of hydrazone groups is 1. The van der Waals surface area contributed by atoms with Crippen LogP contribution in [0.15, 0.2) is 29.4 Å². The average molecular weight is 360 g/mol. The summed E-state index contributed by atoms with van der Waals surface area (Å²) >= 11 is 0. The van der Waals surface area contributed by atoms with Gasteiger partial charge in [0.15, 0.2) is 0 Å². The molecular weight excluding hydrogens is 326 g/mol. The van der Waals surface area contributed by atoms with E-state index in [1.165, 1.54) is 19.4 Å². The highest BCUT2D eigenvalue weighted by atomic mass is 16.5. The van der Waals surface area contributed by atoms with Crippen molar-refractivity contribution in [1.29, 1.82) is 0 Å². The van der Waals surface area contributed by atoms with E-state index in [4.69, 9.17) is 4.74 Å². The van der Waals surface area contributed by atoms with Gasteiger partial charge in [-0.25, -0.2) is 5.43 Å². The van der Waals surface area contributed by atoms with Crippen LogP contribution >= 0.6 is 0 Å². The Balaban J connectivity index is 1.88. The van der Waals surface area contributed by atoms with Crippen LogP contribution in [-0.4, -0.2) is 42.8 Å². The highest BCUT2D eigenvalue weighted by Crippen LogP contribution is 2.21. The van der Waals surface area contributed by atoms with Gasteiger partial charge in [-0.05, 0) is 68.5 Å². The van der Waals surface area contributed by atoms with Crippen LogP contribution in [-0.2, 0) is 4.79 Å². The molecular formula is C21H33N3O2. The lowest BCUT2D eigenvalue weighted by atomic mass is 9.89. The molecule has 0 bridgehead atoms. The van der Waals surface area contributed by atoms with Crippen molar-refractivity contribution in [2.24, 2.45) is 16.9 Å². The summed E-state index contributed by atoms with van der Waals surface area (Å²) < 4.78 is 5.89. The lowest BCUT2D eigenvalue weighted by Gasteiger charge is -2.20. The number of carbonyl (C=O) groups excluding carboxylic acids is 1. The predicted molar refractivity (Wildman–Crippen MR) is 107 cm³/mol. The molecule has 1 heterocycles. The number of carbonyl (C=O) groups is 1. The van der Waals surface area contributed by atoms with Gasteiger partial charge < -0.3 is 9.64 Å². The maximum Gasteiger partial charge on any atom is 0.227 e. The molecule has 1 N–H and O–H groups in total. The lowest BCUT2D eigenvalue weighted by molar-refractivity contribution is -0.109. The van der Waals surface area contributed by atoms with E-state index in [1.807, 2.05) is 24.3 Å². The first-order valence-corrected chi connectivity index (χ1v) is 9.77. The van der Waals surface area contributed by atoms with E-state index < -0.39 is 0 Å². The molecule has 1 fully saturated rings. The van der Waals surface area contributed by atoms with Gasteiger partial charge >= 0.3 is 0 Å². The molecule has 2 atom stereocenters. The third-order valence-electron chi connectivity index (χ3n) is 5.37. The van der Waals surface area contributed by atoms with Crippen LogP contribution in [0.1, 0.15) is 52.5 Å². The Morgan fingerprint density at radius 1 is 1.35 bits per heavy atom. The van der Waals surface area contributed by atoms with Crippen molar-refractivity contribution in [2.45, 2.75) is 53.0 Å². The number of hydrogen-bond donors (Lipinski definition) is 1. The molecule has 1 saturated heterocycles. The monoisotopic (exact) mass is 359 g/mol. The van der Waals surface area contributed by atoms with Crippen molar-refractivity contribution < 1.29 is 9.53 Å². The predicted octanol–water partition coefficient (Wildman–Crippen LogP) is 3.68. The van der Waals surface area contributed by atoms with Crippen LogP contribution in [0.25, 0.3) is 0 Å². The lowest BCUT2D eigenvalue weighted by Crippen LogP contribution is -2.28. The minimum absolute atomic E-state index is 0.247. The van der Waals surface area contributed by atoms with Gasteiger partial charge in [-0.1, -0.05) is 20.8 Å². The van der Waals surface area contributed by atoms with Crippen molar-refractivity contribution >= 4 is 12.1 Å². The summed E-state index contributed by atoms with van der Waals surface area (Å²) in [7, 11) is 0. The zero-order chi connectivity index (χ0) is 18.9. The largest absolute Gasteiger partial charge is 0.494 e. The van der Waals surface area contributed by atoms with Crippen molar-refractivity contribution in [3.8, 4) is 5.75 Å². The molecule has 0 radical (unpaired) electrons. The number of rotatable bonds is 10. The summed E-state index contributed by atoms with van der Waals surface area (Å²) in [5.41, 5.74) is 4.34. The smallest absolute Gasteiger partial charge is 0.227 e. The minimum atomic E-state index is 0.247. The number of nitrogens with one attached hydrogen (secondary N) is 1. The zero-order valence-corrected chi connectivity index (χ0v) is 16.6. The van der Waals surface area contributed by atoms with Crippen molar-refractivity contribution in [1.82, 2.24) is 10.3 Å². The van der Waals surface area contributed by atoms with E-state index in [-0.39, 0.29) is 5.92 Å². The van der Waals surface area contributed by atoms with Crippen molar-refractivity contribution in [2.75, 3.05) is 19.7 Å². The van der Waals surface area contributed by atoms with Crippen LogP contribution in [0.2, 0.25) is 0 Å². The summed E-state index contributed by atoms with van der Waals surface area (Å²) in [6.07, 6.45) is 4.29. The van der Waals surface area contributed by atoms with Gasteiger partial charge in [-0.3, -0.25) is 4.79 Å². The molecule has 1 aliphatic rings. The van der Waals surface area contributed by atoms with Crippen molar-refractivity contribution in [3.05, 3.63) is 29.8 Å². The summed E-state index contributed by atoms with van der Waals surface area (Å²) in [5, 5.41) is 4.24. The maximum absolute atomic E-state index is 10.6. The van der Waals surface area contributed by atoms with Crippen LogP contribution in [0.5, 0.6) is 5.75 Å². The molecule has 1 aromatic carbocycles. The van der Waals surface area contributed by atoms with Gasteiger partial charge in [0.25, 0.3) is 0 Å². The minimum Gasteiger partial charge on any atom is -0.494 e. The Morgan fingerprint density at radius 3 is 2.65 bits per heavy atom. The fraction of sp³-hybridized carbons (Fsp3) is 0.619. The first kappa shape index (κ1) is 20.4. The Kier molecular flexibility index (Phi) is 8.10. The van der Waals surface area contributed by atoms with Gasteiger partial charge in [-0.15, -0.1) is 0 Å². The van der Waals surface area contributed by atoms with Gasteiger partial charge in [0.2, 0.25) is 6.41 Å². The molecule has 1 aromatic rings. The second-order valence-electron chi connectivity index (χ2n) is 7.53. The summed E-state index contributed by atoms with van der Waals surface area (Å²) in [4.78, 5) is 13.2. The number of hydrogen-bond acceptors (Lipinski definition) is 4. The number of ether oxygens (including phenoxy) is 1. The maximum atomic E-state index is 10.6. The fourth-order valence-corrected chi connectivity index (χ4v) is 3.35. The summed E-state index contributed by atoms with van der Waals surface area (Å²) in [5.74, 6) is 1.56. The molecule has 1 amide bonds. The first-order chi connectivity index (χ1) is 12.5. The molecule has 0 spiro atoms. The molecule has 26 heavy (non-hydrogen) atoms. The highest BCUT2D eigenvalue weighted by molar-refractivity contribution is 6.02. The van der Waals surface area contributed by atoms with Gasteiger partial charge in [0.05, 0.1) is 12.3 Å². The van der Waals surface area contributed by atoms with E-state index in [9.17, 15) is 4.79 Å². The third kappa shape index (κ3) is 5.84. The van der Waals surface area contributed by atoms with Crippen LogP contribution in [0.3, 0.4) is 0 Å². The number of benzene rings is 1. The molecule has 5 nitrogen and oxygen atoms in total. The molecule has 1 aliphatic heterocycles. The normalized spacial score (nSPS) is 19.6. The second-order valence-corrected chi connectivity index (χ2v) is 7.53. The van der Waals surface area contributed by atoms with Crippen LogP contribution < -0.4 is 10.2 Å².